The maximum absolute atomic E-state index is 10.00. The van der Waals surface area contributed by atoms with Crippen LogP contribution in [0.25, 0.3) is 0 Å². The molecule has 0 amide bonds. The van der Waals surface area contributed by atoms with Crippen molar-refractivity contribution in [2.45, 2.75) is 57.5 Å². The van der Waals surface area contributed by atoms with Gasteiger partial charge < -0.3 is 5.11 Å². The first-order valence-electron chi connectivity index (χ1n) is 9.13. The Labute approximate surface area is 143 Å². The summed E-state index contributed by atoms with van der Waals surface area (Å²) in [6.07, 6.45) is 9.50. The van der Waals surface area contributed by atoms with E-state index >= 15 is 0 Å². The Morgan fingerprint density at radius 2 is 1.96 bits per heavy atom. The lowest BCUT2D eigenvalue weighted by molar-refractivity contribution is 0.237. The molecule has 1 aromatic heterocycles. The lowest BCUT2D eigenvalue weighted by atomic mass is 9.88. The Kier molecular flexibility index (Phi) is 4.48. The van der Waals surface area contributed by atoms with Crippen LogP contribution in [0.15, 0.2) is 30.5 Å². The number of benzene rings is 1. The molecule has 2 heterocycles. The molecule has 1 aromatic carbocycles. The minimum Gasteiger partial charge on any atom is -0.508 e. The zero-order valence-corrected chi connectivity index (χ0v) is 14.1. The van der Waals surface area contributed by atoms with Crippen molar-refractivity contribution in [1.29, 1.82) is 0 Å². The van der Waals surface area contributed by atoms with Crippen molar-refractivity contribution in [2.24, 2.45) is 0 Å². The maximum atomic E-state index is 10.00. The first kappa shape index (κ1) is 15.6. The average Bonchev–Trinajstić information content (AvgIpc) is 2.64. The standard InChI is InChI=1S/C20H25N3O/c24-19-9-5-4-8-17(19)13-23-11-10-16-12-21-20(22-18(16)14-23)15-6-2-1-3-7-15/h4-5,8-9,12,15,24H,1-3,6-7,10-11,13-14H2. The van der Waals surface area contributed by atoms with Crippen LogP contribution < -0.4 is 0 Å². The summed E-state index contributed by atoms with van der Waals surface area (Å²) in [7, 11) is 0. The fourth-order valence-electron chi connectivity index (χ4n) is 3.95. The largest absolute Gasteiger partial charge is 0.508 e. The highest BCUT2D eigenvalue weighted by Gasteiger charge is 2.23. The van der Waals surface area contributed by atoms with Crippen LogP contribution in [0.1, 0.15) is 60.7 Å². The van der Waals surface area contributed by atoms with Gasteiger partial charge in [0.15, 0.2) is 0 Å². The Morgan fingerprint density at radius 3 is 2.79 bits per heavy atom. The van der Waals surface area contributed by atoms with Crippen molar-refractivity contribution < 1.29 is 5.11 Å². The molecule has 1 aliphatic heterocycles. The summed E-state index contributed by atoms with van der Waals surface area (Å²) >= 11 is 0. The normalized spacial score (nSPS) is 19.2. The Hall–Kier alpha value is -1.94. The van der Waals surface area contributed by atoms with Crippen molar-refractivity contribution in [2.75, 3.05) is 6.54 Å². The highest BCUT2D eigenvalue weighted by molar-refractivity contribution is 5.32. The van der Waals surface area contributed by atoms with Gasteiger partial charge in [0.25, 0.3) is 0 Å². The third kappa shape index (κ3) is 3.29. The van der Waals surface area contributed by atoms with E-state index in [2.05, 4.69) is 16.1 Å². The zero-order chi connectivity index (χ0) is 16.4. The van der Waals surface area contributed by atoms with Crippen molar-refractivity contribution in [3.05, 3.63) is 53.1 Å². The van der Waals surface area contributed by atoms with Gasteiger partial charge in [-0.05, 0) is 30.9 Å². The molecule has 0 spiro atoms. The van der Waals surface area contributed by atoms with E-state index in [1.807, 2.05) is 18.2 Å². The van der Waals surface area contributed by atoms with Crippen LogP contribution in [0, 0.1) is 0 Å². The topological polar surface area (TPSA) is 49.2 Å². The SMILES string of the molecule is Oc1ccccc1CN1CCc2cnc(C3CCCCC3)nc2C1. The lowest BCUT2D eigenvalue weighted by Gasteiger charge is -2.29. The maximum Gasteiger partial charge on any atom is 0.131 e. The van der Waals surface area contributed by atoms with Gasteiger partial charge in [0.2, 0.25) is 0 Å². The number of phenolic OH excluding ortho intramolecular Hbond substituents is 1. The van der Waals surface area contributed by atoms with Crippen LogP contribution >= 0.6 is 0 Å². The van der Waals surface area contributed by atoms with E-state index in [4.69, 9.17) is 4.98 Å². The molecule has 1 fully saturated rings. The smallest absolute Gasteiger partial charge is 0.131 e. The summed E-state index contributed by atoms with van der Waals surface area (Å²) in [6.45, 7) is 2.62. The molecule has 1 aliphatic carbocycles. The third-order valence-corrected chi connectivity index (χ3v) is 5.40. The average molecular weight is 323 g/mol. The van der Waals surface area contributed by atoms with E-state index in [1.165, 1.54) is 43.4 Å². The Balaban J connectivity index is 1.50. The summed E-state index contributed by atoms with van der Waals surface area (Å²) in [5, 5.41) is 10.00. The number of rotatable bonds is 3. The van der Waals surface area contributed by atoms with Gasteiger partial charge in [0.1, 0.15) is 11.6 Å². The second kappa shape index (κ2) is 6.89. The summed E-state index contributed by atoms with van der Waals surface area (Å²) < 4.78 is 0. The number of aromatic hydroxyl groups is 1. The number of fused-ring (bicyclic) bond motifs is 1. The van der Waals surface area contributed by atoms with Gasteiger partial charge in [-0.2, -0.15) is 0 Å². The third-order valence-electron chi connectivity index (χ3n) is 5.40. The second-order valence-corrected chi connectivity index (χ2v) is 7.12. The van der Waals surface area contributed by atoms with Crippen molar-refractivity contribution in [1.82, 2.24) is 14.9 Å². The number of hydrogen-bond acceptors (Lipinski definition) is 4. The van der Waals surface area contributed by atoms with Crippen molar-refractivity contribution in [3.8, 4) is 5.75 Å². The molecule has 0 radical (unpaired) electrons. The molecule has 2 aliphatic rings. The molecule has 0 bridgehead atoms. The highest BCUT2D eigenvalue weighted by atomic mass is 16.3. The van der Waals surface area contributed by atoms with Crippen LogP contribution in [0.5, 0.6) is 5.75 Å². The molecule has 126 valence electrons. The summed E-state index contributed by atoms with van der Waals surface area (Å²) in [4.78, 5) is 12.0. The first-order chi connectivity index (χ1) is 11.8. The van der Waals surface area contributed by atoms with Crippen LogP contribution in [-0.2, 0) is 19.5 Å². The Bertz CT molecular complexity index is 710. The second-order valence-electron chi connectivity index (χ2n) is 7.12. The fourth-order valence-corrected chi connectivity index (χ4v) is 3.95. The highest BCUT2D eigenvalue weighted by Crippen LogP contribution is 2.31. The fraction of sp³-hybridized carbons (Fsp3) is 0.500. The summed E-state index contributed by atoms with van der Waals surface area (Å²) in [6, 6.07) is 7.61. The number of para-hydroxylation sites is 1. The van der Waals surface area contributed by atoms with Gasteiger partial charge in [0, 0.05) is 37.3 Å². The number of nitrogens with zero attached hydrogens (tertiary/aromatic N) is 3. The van der Waals surface area contributed by atoms with Crippen LogP contribution in [0.4, 0.5) is 0 Å². The monoisotopic (exact) mass is 323 g/mol. The molecule has 0 unspecified atom stereocenters. The molecule has 24 heavy (non-hydrogen) atoms. The number of phenols is 1. The molecule has 0 saturated heterocycles. The van der Waals surface area contributed by atoms with Crippen molar-refractivity contribution in [3.63, 3.8) is 0 Å². The minimum atomic E-state index is 0.383. The van der Waals surface area contributed by atoms with E-state index in [-0.39, 0.29) is 0 Å². The molecule has 1 N–H and O–H groups in total. The summed E-state index contributed by atoms with van der Waals surface area (Å²) in [5.41, 5.74) is 3.47. The van der Waals surface area contributed by atoms with E-state index < -0.39 is 0 Å². The van der Waals surface area contributed by atoms with Crippen LogP contribution in [0.3, 0.4) is 0 Å². The molecular weight excluding hydrogens is 298 g/mol. The van der Waals surface area contributed by atoms with Gasteiger partial charge in [-0.25, -0.2) is 9.97 Å². The molecule has 2 aromatic rings. The molecule has 4 nitrogen and oxygen atoms in total. The molecule has 4 rings (SSSR count). The van der Waals surface area contributed by atoms with Crippen LogP contribution in [-0.4, -0.2) is 26.5 Å². The quantitative estimate of drug-likeness (QED) is 0.933. The van der Waals surface area contributed by atoms with E-state index in [9.17, 15) is 5.11 Å². The Morgan fingerprint density at radius 1 is 1.12 bits per heavy atom. The molecule has 4 heteroatoms. The van der Waals surface area contributed by atoms with E-state index in [0.29, 0.717) is 11.7 Å². The number of hydrogen-bond donors (Lipinski definition) is 1. The summed E-state index contributed by atoms with van der Waals surface area (Å²) in [5.74, 6) is 1.99. The molecule has 0 atom stereocenters. The van der Waals surface area contributed by atoms with Gasteiger partial charge in [-0.1, -0.05) is 37.5 Å². The van der Waals surface area contributed by atoms with Crippen LogP contribution in [0.2, 0.25) is 0 Å². The van der Waals surface area contributed by atoms with E-state index in [1.54, 1.807) is 6.07 Å². The van der Waals surface area contributed by atoms with E-state index in [0.717, 1.165) is 37.4 Å². The van der Waals surface area contributed by atoms with Crippen molar-refractivity contribution >= 4 is 0 Å². The molecular formula is C20H25N3O. The minimum absolute atomic E-state index is 0.383. The predicted octanol–water partition coefficient (Wildman–Crippen LogP) is 3.79. The first-order valence-corrected chi connectivity index (χ1v) is 9.13. The lowest BCUT2D eigenvalue weighted by Crippen LogP contribution is -2.31. The predicted molar refractivity (Wildman–Crippen MR) is 93.8 cm³/mol. The van der Waals surface area contributed by atoms with Gasteiger partial charge in [-0.3, -0.25) is 4.90 Å². The zero-order valence-electron chi connectivity index (χ0n) is 14.1. The van der Waals surface area contributed by atoms with Gasteiger partial charge in [0.05, 0.1) is 5.69 Å². The molecule has 1 saturated carbocycles. The number of aromatic nitrogens is 2. The van der Waals surface area contributed by atoms with Gasteiger partial charge in [-0.15, -0.1) is 0 Å². The van der Waals surface area contributed by atoms with Gasteiger partial charge >= 0.3 is 0 Å².